The molecule has 1 spiro atoms. The van der Waals surface area contributed by atoms with Gasteiger partial charge in [0.2, 0.25) is 0 Å². The average molecular weight is 241 g/mol. The lowest BCUT2D eigenvalue weighted by Crippen LogP contribution is -2.62. The maximum Gasteiger partial charge on any atom is 0.0784 e. The van der Waals surface area contributed by atoms with Crippen LogP contribution in [0.4, 0.5) is 0 Å². The van der Waals surface area contributed by atoms with E-state index in [1.54, 1.807) is 7.11 Å². The third-order valence-corrected chi connectivity index (χ3v) is 4.68. The van der Waals surface area contributed by atoms with Gasteiger partial charge in [-0.15, -0.1) is 0 Å². The molecule has 0 heterocycles. The molecule has 0 radical (unpaired) electrons. The molecular formula is C14H27NO2. The smallest absolute Gasteiger partial charge is 0.0784 e. The summed E-state index contributed by atoms with van der Waals surface area (Å²) in [7, 11) is 1.73. The van der Waals surface area contributed by atoms with Gasteiger partial charge in [-0.3, -0.25) is 0 Å². The van der Waals surface area contributed by atoms with Gasteiger partial charge in [0.15, 0.2) is 0 Å². The van der Waals surface area contributed by atoms with Crippen molar-refractivity contribution in [3.05, 3.63) is 0 Å². The van der Waals surface area contributed by atoms with E-state index >= 15 is 0 Å². The third-order valence-electron chi connectivity index (χ3n) is 4.68. The van der Waals surface area contributed by atoms with E-state index in [2.05, 4.69) is 6.92 Å². The summed E-state index contributed by atoms with van der Waals surface area (Å²) in [5.74, 6) is 0. The van der Waals surface area contributed by atoms with Crippen LogP contribution in [0.1, 0.15) is 51.9 Å². The Kier molecular flexibility index (Phi) is 4.45. The Hall–Kier alpha value is -0.120. The minimum Gasteiger partial charge on any atom is -0.382 e. The van der Waals surface area contributed by atoms with Crippen molar-refractivity contribution in [1.29, 1.82) is 0 Å². The number of nitrogens with two attached hydrogens (primary N) is 1. The van der Waals surface area contributed by atoms with Gasteiger partial charge in [0.25, 0.3) is 0 Å². The van der Waals surface area contributed by atoms with Gasteiger partial charge in [0.05, 0.1) is 18.8 Å². The third kappa shape index (κ3) is 2.67. The topological polar surface area (TPSA) is 44.5 Å². The Morgan fingerprint density at radius 1 is 1.24 bits per heavy atom. The number of hydrogen-bond acceptors (Lipinski definition) is 3. The second kappa shape index (κ2) is 5.68. The fourth-order valence-electron chi connectivity index (χ4n) is 3.60. The van der Waals surface area contributed by atoms with Crippen LogP contribution in [0.2, 0.25) is 0 Å². The van der Waals surface area contributed by atoms with E-state index in [0.717, 1.165) is 6.42 Å². The van der Waals surface area contributed by atoms with Gasteiger partial charge in [-0.25, -0.2) is 0 Å². The highest BCUT2D eigenvalue weighted by molar-refractivity contribution is 5.07. The van der Waals surface area contributed by atoms with E-state index in [0.29, 0.717) is 24.2 Å². The molecule has 3 unspecified atom stereocenters. The molecule has 2 aliphatic rings. The fraction of sp³-hybridized carbons (Fsp3) is 1.00. The number of ether oxygens (including phenoxy) is 2. The van der Waals surface area contributed by atoms with E-state index in [4.69, 9.17) is 15.2 Å². The summed E-state index contributed by atoms with van der Waals surface area (Å²) in [6.07, 6.45) is 9.52. The minimum atomic E-state index is 0.192. The summed E-state index contributed by atoms with van der Waals surface area (Å²) in [6, 6.07) is 0.361. The molecule has 0 saturated heterocycles. The second-order valence-corrected chi connectivity index (χ2v) is 5.88. The Morgan fingerprint density at radius 2 is 1.88 bits per heavy atom. The predicted octanol–water partition coefficient (Wildman–Crippen LogP) is 2.48. The van der Waals surface area contributed by atoms with Gasteiger partial charge in [-0.2, -0.15) is 0 Å². The van der Waals surface area contributed by atoms with Crippen LogP contribution < -0.4 is 5.73 Å². The second-order valence-electron chi connectivity index (χ2n) is 5.88. The Morgan fingerprint density at radius 3 is 2.41 bits per heavy atom. The summed E-state index contributed by atoms with van der Waals surface area (Å²) in [5.41, 5.74) is 6.58. The van der Waals surface area contributed by atoms with Crippen molar-refractivity contribution in [2.24, 2.45) is 11.1 Å². The normalized spacial score (nSPS) is 34.1. The molecule has 0 aromatic heterocycles. The van der Waals surface area contributed by atoms with Gasteiger partial charge >= 0.3 is 0 Å². The summed E-state index contributed by atoms with van der Waals surface area (Å²) in [4.78, 5) is 0. The first kappa shape index (κ1) is 13.3. The summed E-state index contributed by atoms with van der Waals surface area (Å²) >= 11 is 0. The number of rotatable bonds is 4. The lowest BCUT2D eigenvalue weighted by atomic mass is 9.58. The van der Waals surface area contributed by atoms with Crippen molar-refractivity contribution in [2.45, 2.75) is 70.1 Å². The largest absolute Gasteiger partial charge is 0.382 e. The molecule has 2 fully saturated rings. The predicted molar refractivity (Wildman–Crippen MR) is 68.9 cm³/mol. The lowest BCUT2D eigenvalue weighted by Gasteiger charge is -2.55. The van der Waals surface area contributed by atoms with Gasteiger partial charge in [-0.05, 0) is 26.2 Å². The summed E-state index contributed by atoms with van der Waals surface area (Å²) < 4.78 is 11.3. The van der Waals surface area contributed by atoms with Crippen molar-refractivity contribution >= 4 is 0 Å². The first-order valence-electron chi connectivity index (χ1n) is 7.09. The molecule has 100 valence electrons. The molecule has 0 amide bonds. The van der Waals surface area contributed by atoms with Crippen molar-refractivity contribution in [3.63, 3.8) is 0 Å². The zero-order chi connectivity index (χ0) is 12.3. The molecule has 0 aromatic carbocycles. The molecule has 17 heavy (non-hydrogen) atoms. The first-order valence-corrected chi connectivity index (χ1v) is 7.09. The molecule has 3 atom stereocenters. The van der Waals surface area contributed by atoms with Crippen molar-refractivity contribution in [3.8, 4) is 0 Å². The minimum absolute atomic E-state index is 0.192. The highest BCUT2D eigenvalue weighted by Gasteiger charge is 2.53. The molecule has 0 bridgehead atoms. The molecule has 2 N–H and O–H groups in total. The van der Waals surface area contributed by atoms with Crippen LogP contribution in [-0.2, 0) is 9.47 Å². The van der Waals surface area contributed by atoms with Crippen LogP contribution in [0.15, 0.2) is 0 Å². The van der Waals surface area contributed by atoms with E-state index in [9.17, 15) is 0 Å². The summed E-state index contributed by atoms with van der Waals surface area (Å²) in [6.45, 7) is 2.78. The molecule has 2 saturated carbocycles. The highest BCUT2D eigenvalue weighted by atomic mass is 16.5. The van der Waals surface area contributed by atoms with E-state index in [1.807, 2.05) is 0 Å². The van der Waals surface area contributed by atoms with Gasteiger partial charge in [0, 0.05) is 18.6 Å². The van der Waals surface area contributed by atoms with Gasteiger partial charge < -0.3 is 15.2 Å². The molecule has 2 aliphatic carbocycles. The highest BCUT2D eigenvalue weighted by Crippen LogP contribution is 2.51. The van der Waals surface area contributed by atoms with E-state index in [1.165, 1.54) is 38.5 Å². The molecule has 0 aliphatic heterocycles. The lowest BCUT2D eigenvalue weighted by molar-refractivity contribution is -0.166. The Labute approximate surface area is 105 Å². The summed E-state index contributed by atoms with van der Waals surface area (Å²) in [5, 5.41) is 0. The van der Waals surface area contributed by atoms with Crippen LogP contribution in [0.5, 0.6) is 0 Å². The Bertz CT molecular complexity index is 236. The monoisotopic (exact) mass is 241 g/mol. The van der Waals surface area contributed by atoms with Crippen LogP contribution in [0.3, 0.4) is 0 Å². The van der Waals surface area contributed by atoms with Crippen LogP contribution in [0, 0.1) is 5.41 Å². The maximum absolute atomic E-state index is 6.29. The molecule has 3 nitrogen and oxygen atoms in total. The number of hydrogen-bond donors (Lipinski definition) is 1. The fourth-order valence-corrected chi connectivity index (χ4v) is 3.60. The molecule has 2 rings (SSSR count). The van der Waals surface area contributed by atoms with Crippen LogP contribution in [-0.4, -0.2) is 32.0 Å². The SMILES string of the molecule is COCC(C)OC1CC(N)C12CCCCCC2. The molecular weight excluding hydrogens is 214 g/mol. The first-order chi connectivity index (χ1) is 8.19. The van der Waals surface area contributed by atoms with Crippen LogP contribution >= 0.6 is 0 Å². The van der Waals surface area contributed by atoms with Crippen molar-refractivity contribution in [1.82, 2.24) is 0 Å². The van der Waals surface area contributed by atoms with E-state index < -0.39 is 0 Å². The Balaban J connectivity index is 1.93. The number of methoxy groups -OCH3 is 1. The zero-order valence-corrected chi connectivity index (χ0v) is 11.3. The standard InChI is InChI=1S/C14H27NO2/c1-11(10-16-2)17-13-9-12(15)14(13)7-5-3-4-6-8-14/h11-13H,3-10,15H2,1-2H3. The van der Waals surface area contributed by atoms with Gasteiger partial charge in [0.1, 0.15) is 0 Å². The maximum atomic E-state index is 6.29. The zero-order valence-electron chi connectivity index (χ0n) is 11.3. The average Bonchev–Trinajstić information content (AvgIpc) is 2.56. The van der Waals surface area contributed by atoms with Crippen LogP contribution in [0.25, 0.3) is 0 Å². The molecule has 3 heteroatoms. The quantitative estimate of drug-likeness (QED) is 0.822. The van der Waals surface area contributed by atoms with Gasteiger partial charge in [-0.1, -0.05) is 25.7 Å². The van der Waals surface area contributed by atoms with Crippen molar-refractivity contribution in [2.75, 3.05) is 13.7 Å². The van der Waals surface area contributed by atoms with E-state index in [-0.39, 0.29) is 6.10 Å². The molecule has 0 aromatic rings. The van der Waals surface area contributed by atoms with Crippen molar-refractivity contribution < 1.29 is 9.47 Å².